The molecule has 0 fully saturated rings. The van der Waals surface area contributed by atoms with E-state index in [2.05, 4.69) is 9.51 Å². The van der Waals surface area contributed by atoms with E-state index in [0.717, 1.165) is 29.7 Å². The molecule has 0 bridgehead atoms. The zero-order valence-electron chi connectivity index (χ0n) is 16.8. The minimum Gasteiger partial charge on any atom is -0.422 e. The van der Waals surface area contributed by atoms with Gasteiger partial charge in [0.2, 0.25) is 0 Å². The van der Waals surface area contributed by atoms with E-state index in [1.165, 1.54) is 54.7 Å². The minimum absolute atomic E-state index is 0.0639. The van der Waals surface area contributed by atoms with Gasteiger partial charge in [-0.05, 0) is 47.9 Å². The van der Waals surface area contributed by atoms with Gasteiger partial charge >= 0.3 is 19.2 Å². The molecule has 0 aliphatic rings. The van der Waals surface area contributed by atoms with Gasteiger partial charge in [-0.1, -0.05) is 6.07 Å². The molecule has 4 aromatic rings. The van der Waals surface area contributed by atoms with E-state index in [1.807, 2.05) is 0 Å². The van der Waals surface area contributed by atoms with Crippen molar-refractivity contribution < 1.29 is 37.2 Å². The van der Waals surface area contributed by atoms with Crippen LogP contribution in [0, 0.1) is 10.1 Å². The summed E-state index contributed by atoms with van der Waals surface area (Å²) in [5.74, 6) is -1.02. The average molecular weight is 506 g/mol. The highest BCUT2D eigenvalue weighted by Gasteiger charge is 2.54. The van der Waals surface area contributed by atoms with Crippen molar-refractivity contribution in [1.82, 2.24) is 4.98 Å². The van der Waals surface area contributed by atoms with Gasteiger partial charge in [-0.25, -0.2) is 9.36 Å². The van der Waals surface area contributed by atoms with Crippen LogP contribution in [0.25, 0.3) is 10.1 Å². The van der Waals surface area contributed by atoms with Gasteiger partial charge < -0.3 is 14.2 Å². The topological polar surface area (TPSA) is 129 Å². The number of alkyl halides is 2. The monoisotopic (exact) mass is 506 g/mol. The first-order valence-electron chi connectivity index (χ1n) is 9.38. The van der Waals surface area contributed by atoms with Gasteiger partial charge in [-0.2, -0.15) is 8.78 Å². The largest absolute Gasteiger partial charge is 0.450 e. The van der Waals surface area contributed by atoms with Crippen molar-refractivity contribution in [3.8, 4) is 11.5 Å². The summed E-state index contributed by atoms with van der Waals surface area (Å²) in [5, 5.41) is 10.9. The highest BCUT2D eigenvalue weighted by Crippen LogP contribution is 2.62. The Balaban J connectivity index is 1.57. The summed E-state index contributed by atoms with van der Waals surface area (Å²) >= 11 is 0.963. The maximum atomic E-state index is 14.9. The number of aromatic nitrogens is 1. The van der Waals surface area contributed by atoms with Crippen LogP contribution >= 0.6 is 18.9 Å². The van der Waals surface area contributed by atoms with Crippen LogP contribution in [0.1, 0.15) is 15.2 Å². The molecule has 174 valence electrons. The number of nitrogens with zero attached hydrogens (tertiary/aromatic N) is 2. The quantitative estimate of drug-likeness (QED) is 0.111. The SMILES string of the molecule is O=C(Oc1ccc([N+](=O)[O-])cc1)c1cc2cc(C(F)(F)P(=O)(O)Oc3cccnc3)ccc2s1. The lowest BCUT2D eigenvalue weighted by molar-refractivity contribution is -0.384. The van der Waals surface area contributed by atoms with Crippen LogP contribution in [-0.2, 0) is 10.2 Å². The second-order valence-electron chi connectivity index (χ2n) is 6.85. The number of hydrogen-bond donors (Lipinski definition) is 1. The van der Waals surface area contributed by atoms with Crippen LogP contribution in [0.15, 0.2) is 73.1 Å². The minimum atomic E-state index is -5.50. The molecular formula is C21H13F2N2O7PS. The van der Waals surface area contributed by atoms with Crippen molar-refractivity contribution in [2.24, 2.45) is 0 Å². The molecule has 2 heterocycles. The predicted octanol–water partition coefficient (Wildman–Crippen LogP) is 5.74. The molecule has 1 unspecified atom stereocenters. The second kappa shape index (κ2) is 8.90. The van der Waals surface area contributed by atoms with Crippen LogP contribution in [0.5, 0.6) is 11.5 Å². The van der Waals surface area contributed by atoms with E-state index in [0.29, 0.717) is 4.70 Å². The molecule has 1 N–H and O–H groups in total. The molecule has 0 saturated carbocycles. The van der Waals surface area contributed by atoms with Crippen molar-refractivity contribution >= 4 is 40.7 Å². The number of non-ortho nitro benzene ring substituents is 1. The number of halogens is 2. The lowest BCUT2D eigenvalue weighted by Crippen LogP contribution is -2.17. The van der Waals surface area contributed by atoms with Gasteiger partial charge in [0.1, 0.15) is 16.4 Å². The van der Waals surface area contributed by atoms with Crippen molar-refractivity contribution in [2.75, 3.05) is 0 Å². The third-order valence-corrected chi connectivity index (χ3v) is 7.06. The number of carbonyl (C=O) groups is 1. The third-order valence-electron chi connectivity index (χ3n) is 4.54. The van der Waals surface area contributed by atoms with Crippen LogP contribution in [-0.4, -0.2) is 20.8 Å². The Kier molecular flexibility index (Phi) is 6.13. The second-order valence-corrected chi connectivity index (χ2v) is 9.71. The van der Waals surface area contributed by atoms with Crippen molar-refractivity contribution in [1.29, 1.82) is 0 Å². The highest BCUT2D eigenvalue weighted by molar-refractivity contribution is 7.54. The third kappa shape index (κ3) is 4.65. The summed E-state index contributed by atoms with van der Waals surface area (Å²) in [7, 11) is -5.50. The normalized spacial score (nSPS) is 13.3. The maximum absolute atomic E-state index is 14.9. The molecule has 4 rings (SSSR count). The first-order chi connectivity index (χ1) is 16.1. The standard InChI is InChI=1S/C21H13F2N2O7PS/c22-21(23,33(29,30)32-17-2-1-9-24-12-17)14-3-8-18-13(10-14)11-19(34-18)20(26)31-16-6-4-15(5-7-16)25(27)28/h1-12H,(H,29,30). The molecule has 2 aromatic carbocycles. The Morgan fingerprint density at radius 3 is 2.50 bits per heavy atom. The Hall–Kier alpha value is -3.73. The summed E-state index contributed by atoms with van der Waals surface area (Å²) in [6.07, 6.45) is 2.38. The molecule has 0 radical (unpaired) electrons. The Morgan fingerprint density at radius 1 is 1.12 bits per heavy atom. The Bertz CT molecular complexity index is 1430. The van der Waals surface area contributed by atoms with Gasteiger partial charge in [-0.3, -0.25) is 15.1 Å². The van der Waals surface area contributed by atoms with Gasteiger partial charge in [0.15, 0.2) is 0 Å². The molecule has 0 spiro atoms. The zero-order chi connectivity index (χ0) is 24.5. The van der Waals surface area contributed by atoms with E-state index >= 15 is 0 Å². The molecule has 0 aliphatic heterocycles. The van der Waals surface area contributed by atoms with Gasteiger partial charge in [0.05, 0.1) is 11.1 Å². The van der Waals surface area contributed by atoms with Gasteiger partial charge in [-0.15, -0.1) is 11.3 Å². The van der Waals surface area contributed by atoms with Crippen LogP contribution in [0.4, 0.5) is 14.5 Å². The molecule has 0 aliphatic carbocycles. The number of thiophene rings is 1. The molecule has 0 saturated heterocycles. The number of pyridine rings is 1. The number of nitro benzene ring substituents is 1. The number of rotatable bonds is 7. The smallest absolute Gasteiger partial charge is 0.422 e. The summed E-state index contributed by atoms with van der Waals surface area (Å²) in [5.41, 5.74) is -5.20. The number of esters is 1. The molecular weight excluding hydrogens is 493 g/mol. The lowest BCUT2D eigenvalue weighted by atomic mass is 10.1. The summed E-state index contributed by atoms with van der Waals surface area (Å²) in [6.45, 7) is 0. The van der Waals surface area contributed by atoms with E-state index in [9.17, 15) is 33.1 Å². The summed E-state index contributed by atoms with van der Waals surface area (Å²) < 4.78 is 52.4. The summed E-state index contributed by atoms with van der Waals surface area (Å²) in [4.78, 5) is 36.3. The van der Waals surface area contributed by atoms with Gasteiger partial charge in [0, 0.05) is 28.6 Å². The molecule has 0 amide bonds. The highest BCUT2D eigenvalue weighted by atomic mass is 32.1. The fourth-order valence-corrected chi connectivity index (χ4v) is 4.78. The number of hydrogen-bond acceptors (Lipinski definition) is 8. The van der Waals surface area contributed by atoms with E-state index < -0.39 is 29.7 Å². The Morgan fingerprint density at radius 2 is 1.85 bits per heavy atom. The van der Waals surface area contributed by atoms with Crippen LogP contribution in [0.3, 0.4) is 0 Å². The molecule has 9 nitrogen and oxygen atoms in total. The first kappa shape index (κ1) is 23.4. The average Bonchev–Trinajstić information content (AvgIpc) is 3.23. The number of benzene rings is 2. The van der Waals surface area contributed by atoms with E-state index in [4.69, 9.17) is 4.74 Å². The number of fused-ring (bicyclic) bond motifs is 1. The maximum Gasteiger partial charge on any atom is 0.450 e. The van der Waals surface area contributed by atoms with Gasteiger partial charge in [0.25, 0.3) is 5.69 Å². The number of ether oxygens (including phenoxy) is 1. The molecule has 2 aromatic heterocycles. The number of carbonyl (C=O) groups excluding carboxylic acids is 1. The van der Waals surface area contributed by atoms with Crippen LogP contribution < -0.4 is 9.26 Å². The van der Waals surface area contributed by atoms with E-state index in [1.54, 1.807) is 0 Å². The molecule has 1 atom stereocenters. The molecule has 13 heteroatoms. The fraction of sp³-hybridized carbons (Fsp3) is 0.0476. The first-order valence-corrected chi connectivity index (χ1v) is 11.8. The fourth-order valence-electron chi connectivity index (χ4n) is 2.89. The Labute approximate surface area is 193 Å². The molecule has 34 heavy (non-hydrogen) atoms. The van der Waals surface area contributed by atoms with E-state index in [-0.39, 0.29) is 27.4 Å². The summed E-state index contributed by atoms with van der Waals surface area (Å²) in [6, 6.07) is 12.0. The van der Waals surface area contributed by atoms with Crippen molar-refractivity contribution in [2.45, 2.75) is 5.66 Å². The predicted molar refractivity (Wildman–Crippen MR) is 118 cm³/mol. The number of nitro groups is 1. The van der Waals surface area contributed by atoms with Crippen molar-refractivity contribution in [3.05, 3.63) is 93.6 Å². The van der Waals surface area contributed by atoms with Crippen molar-refractivity contribution in [3.63, 3.8) is 0 Å². The lowest BCUT2D eigenvalue weighted by Gasteiger charge is -2.22. The van der Waals surface area contributed by atoms with Crippen LogP contribution in [0.2, 0.25) is 0 Å². The zero-order valence-corrected chi connectivity index (χ0v) is 18.5.